The number of hydrogen-bond acceptors (Lipinski definition) is 4. The fraction of sp³-hybridized carbons (Fsp3) is 0.250. The van der Waals surface area contributed by atoms with Gasteiger partial charge in [-0.3, -0.25) is 4.79 Å². The van der Waals surface area contributed by atoms with E-state index in [1.807, 2.05) is 0 Å². The van der Waals surface area contributed by atoms with Crippen molar-refractivity contribution in [3.05, 3.63) is 17.3 Å². The average Bonchev–Trinajstić information content (AvgIpc) is 2.09. The highest BCUT2D eigenvalue weighted by atomic mass is 19.3. The molecule has 1 aromatic heterocycles. The van der Waals surface area contributed by atoms with E-state index < -0.39 is 24.5 Å². The number of halogens is 2. The van der Waals surface area contributed by atoms with Gasteiger partial charge in [-0.05, 0) is 11.6 Å². The van der Waals surface area contributed by atoms with E-state index in [2.05, 4.69) is 4.98 Å². The number of nitrogen functional groups attached to an aromatic ring is 2. The summed E-state index contributed by atoms with van der Waals surface area (Å²) in [5.41, 5.74) is 9.64. The molecule has 1 aromatic rings. The average molecular weight is 217 g/mol. The van der Waals surface area contributed by atoms with Gasteiger partial charge in [0.25, 0.3) is 6.43 Å². The third-order valence-corrected chi connectivity index (χ3v) is 1.74. The maximum absolute atomic E-state index is 12.4. The summed E-state index contributed by atoms with van der Waals surface area (Å²) in [7, 11) is 0. The second kappa shape index (κ2) is 4.07. The van der Waals surface area contributed by atoms with Crippen LogP contribution in [0.4, 0.5) is 20.3 Å². The molecule has 0 saturated carbocycles. The Morgan fingerprint density at radius 3 is 2.60 bits per heavy atom. The highest BCUT2D eigenvalue weighted by Gasteiger charge is 2.18. The predicted octanol–water partition coefficient (Wildman–Crippen LogP) is 0.811. The van der Waals surface area contributed by atoms with Crippen LogP contribution in [0.1, 0.15) is 17.7 Å². The number of aliphatic carboxylic acids is 1. The van der Waals surface area contributed by atoms with Crippen molar-refractivity contribution in [2.24, 2.45) is 0 Å². The van der Waals surface area contributed by atoms with Crippen LogP contribution >= 0.6 is 0 Å². The van der Waals surface area contributed by atoms with Crippen LogP contribution < -0.4 is 11.5 Å². The quantitative estimate of drug-likeness (QED) is 0.695. The fourth-order valence-corrected chi connectivity index (χ4v) is 1.13. The van der Waals surface area contributed by atoms with Gasteiger partial charge in [-0.25, -0.2) is 13.8 Å². The summed E-state index contributed by atoms with van der Waals surface area (Å²) in [6.45, 7) is 0. The van der Waals surface area contributed by atoms with E-state index in [1.54, 1.807) is 0 Å². The maximum Gasteiger partial charge on any atom is 0.307 e. The number of carboxylic acids is 1. The molecule has 0 spiro atoms. The number of carbonyl (C=O) groups is 1. The van der Waals surface area contributed by atoms with E-state index in [0.29, 0.717) is 0 Å². The molecule has 0 saturated heterocycles. The number of hydrogen-bond donors (Lipinski definition) is 3. The van der Waals surface area contributed by atoms with Crippen LogP contribution in [0.5, 0.6) is 0 Å². The number of nitrogens with zero attached hydrogens (tertiary/aromatic N) is 1. The van der Waals surface area contributed by atoms with Gasteiger partial charge in [-0.2, -0.15) is 0 Å². The number of pyridine rings is 1. The number of alkyl halides is 2. The van der Waals surface area contributed by atoms with Crippen LogP contribution in [-0.2, 0) is 11.2 Å². The van der Waals surface area contributed by atoms with Crippen LogP contribution in [0.15, 0.2) is 6.07 Å². The van der Waals surface area contributed by atoms with Gasteiger partial charge in [-0.1, -0.05) is 0 Å². The molecule has 0 radical (unpaired) electrons. The van der Waals surface area contributed by atoms with E-state index in [0.717, 1.165) is 0 Å². The van der Waals surface area contributed by atoms with Crippen LogP contribution in [0, 0.1) is 0 Å². The van der Waals surface area contributed by atoms with Crippen LogP contribution in [0.25, 0.3) is 0 Å². The molecular weight excluding hydrogens is 208 g/mol. The lowest BCUT2D eigenvalue weighted by atomic mass is 10.1. The molecule has 0 bridgehead atoms. The van der Waals surface area contributed by atoms with Crippen LogP contribution in [-0.4, -0.2) is 16.1 Å². The fourth-order valence-electron chi connectivity index (χ4n) is 1.13. The number of anilines is 2. The van der Waals surface area contributed by atoms with Gasteiger partial charge in [0, 0.05) is 0 Å². The third kappa shape index (κ3) is 2.52. The second-order valence-electron chi connectivity index (χ2n) is 2.88. The minimum Gasteiger partial charge on any atom is -0.481 e. The van der Waals surface area contributed by atoms with E-state index >= 15 is 0 Å². The molecule has 0 aliphatic carbocycles. The van der Waals surface area contributed by atoms with Gasteiger partial charge < -0.3 is 16.6 Å². The SMILES string of the molecule is Nc1cc(CC(=O)O)c(N)c(C(F)F)n1. The van der Waals surface area contributed by atoms with E-state index in [4.69, 9.17) is 16.6 Å². The first-order valence-electron chi connectivity index (χ1n) is 3.96. The molecule has 0 aromatic carbocycles. The van der Waals surface area contributed by atoms with Gasteiger partial charge in [0.15, 0.2) is 0 Å². The lowest BCUT2D eigenvalue weighted by Gasteiger charge is -2.09. The summed E-state index contributed by atoms with van der Waals surface area (Å²) >= 11 is 0. The van der Waals surface area contributed by atoms with Crippen LogP contribution in [0.3, 0.4) is 0 Å². The molecular formula is C8H9F2N3O2. The van der Waals surface area contributed by atoms with Crippen LogP contribution in [0.2, 0.25) is 0 Å². The van der Waals surface area contributed by atoms with Gasteiger partial charge in [0.05, 0.1) is 12.1 Å². The molecule has 0 atom stereocenters. The Morgan fingerprint density at radius 2 is 2.13 bits per heavy atom. The zero-order valence-corrected chi connectivity index (χ0v) is 7.58. The van der Waals surface area contributed by atoms with Gasteiger partial charge in [0.1, 0.15) is 11.5 Å². The summed E-state index contributed by atoms with van der Waals surface area (Å²) in [5, 5.41) is 8.51. The molecule has 7 heteroatoms. The Labute approximate surface area is 83.7 Å². The third-order valence-electron chi connectivity index (χ3n) is 1.74. The molecule has 15 heavy (non-hydrogen) atoms. The molecule has 1 heterocycles. The van der Waals surface area contributed by atoms with Crippen molar-refractivity contribution < 1.29 is 18.7 Å². The predicted molar refractivity (Wildman–Crippen MR) is 49.4 cm³/mol. The van der Waals surface area contributed by atoms with Crippen molar-refractivity contribution in [3.63, 3.8) is 0 Å². The molecule has 0 fully saturated rings. The minimum atomic E-state index is -2.87. The Hall–Kier alpha value is -1.92. The molecule has 82 valence electrons. The molecule has 0 unspecified atom stereocenters. The van der Waals surface area contributed by atoms with Crippen molar-refractivity contribution in [2.45, 2.75) is 12.8 Å². The molecule has 5 N–H and O–H groups in total. The summed E-state index contributed by atoms with van der Waals surface area (Å²) < 4.78 is 24.8. The number of aromatic nitrogens is 1. The molecule has 0 amide bonds. The second-order valence-corrected chi connectivity index (χ2v) is 2.88. The van der Waals surface area contributed by atoms with E-state index in [9.17, 15) is 13.6 Å². The van der Waals surface area contributed by atoms with Gasteiger partial charge in [-0.15, -0.1) is 0 Å². The number of rotatable bonds is 3. The molecule has 0 aliphatic rings. The van der Waals surface area contributed by atoms with Gasteiger partial charge in [0.2, 0.25) is 0 Å². The smallest absolute Gasteiger partial charge is 0.307 e. The summed E-state index contributed by atoms with van der Waals surface area (Å²) in [5.74, 6) is -1.34. The van der Waals surface area contributed by atoms with Crippen molar-refractivity contribution in [2.75, 3.05) is 11.5 Å². The molecule has 5 nitrogen and oxygen atoms in total. The Kier molecular flexibility index (Phi) is 3.03. The Balaban J connectivity index is 3.21. The van der Waals surface area contributed by atoms with Gasteiger partial charge >= 0.3 is 5.97 Å². The largest absolute Gasteiger partial charge is 0.481 e. The first-order valence-corrected chi connectivity index (χ1v) is 3.96. The monoisotopic (exact) mass is 217 g/mol. The standard InChI is InChI=1S/C8H9F2N3O2/c9-8(10)7-6(12)3(2-5(14)15)1-4(11)13-7/h1,8H,2,12H2,(H2,11,13)(H,14,15). The topological polar surface area (TPSA) is 102 Å². The summed E-state index contributed by atoms with van der Waals surface area (Å²) in [6.07, 6.45) is -3.33. The number of nitrogens with two attached hydrogens (primary N) is 2. The van der Waals surface area contributed by atoms with Crippen molar-refractivity contribution in [3.8, 4) is 0 Å². The van der Waals surface area contributed by atoms with E-state index in [1.165, 1.54) is 6.07 Å². The Morgan fingerprint density at radius 1 is 1.53 bits per heavy atom. The summed E-state index contributed by atoms with van der Waals surface area (Å²) in [6, 6.07) is 1.18. The zero-order valence-electron chi connectivity index (χ0n) is 7.58. The first-order chi connectivity index (χ1) is 6.91. The molecule has 1 rings (SSSR count). The highest BCUT2D eigenvalue weighted by Crippen LogP contribution is 2.27. The minimum absolute atomic E-state index is 0.0466. The van der Waals surface area contributed by atoms with E-state index in [-0.39, 0.29) is 17.1 Å². The lowest BCUT2D eigenvalue weighted by molar-refractivity contribution is -0.136. The first kappa shape index (κ1) is 11.2. The van der Waals surface area contributed by atoms with Crippen molar-refractivity contribution in [1.82, 2.24) is 4.98 Å². The zero-order chi connectivity index (χ0) is 11.6. The number of carboxylic acid groups (broad SMARTS) is 1. The van der Waals surface area contributed by atoms with Crippen molar-refractivity contribution in [1.29, 1.82) is 0 Å². The maximum atomic E-state index is 12.4. The molecule has 0 aliphatic heterocycles. The lowest BCUT2D eigenvalue weighted by Crippen LogP contribution is -2.09. The van der Waals surface area contributed by atoms with Crippen molar-refractivity contribution >= 4 is 17.5 Å². The highest BCUT2D eigenvalue weighted by molar-refractivity contribution is 5.74. The summed E-state index contributed by atoms with van der Waals surface area (Å²) in [4.78, 5) is 13.8. The Bertz CT molecular complexity index is 396. The normalized spacial score (nSPS) is 10.6.